The molecule has 38 heavy (non-hydrogen) atoms. The van der Waals surface area contributed by atoms with Gasteiger partial charge >= 0.3 is 11.9 Å². The number of Topliss-reactive ketones (excluding diaryl/α,β-unsaturated/α-hetero) is 2. The zero-order chi connectivity index (χ0) is 28.2. The molecule has 2 unspecified atom stereocenters. The van der Waals surface area contributed by atoms with Crippen LogP contribution in [0.2, 0.25) is 0 Å². The molecule has 2 N–H and O–H groups in total. The van der Waals surface area contributed by atoms with Crippen LogP contribution in [0.5, 0.6) is 0 Å². The highest BCUT2D eigenvalue weighted by molar-refractivity contribution is 6.14. The second-order valence-corrected chi connectivity index (χ2v) is 7.99. The number of ether oxygens (including phenoxy) is 2. The number of benzene rings is 2. The summed E-state index contributed by atoms with van der Waals surface area (Å²) in [5.74, 6) is -5.12. The Kier molecular flexibility index (Phi) is 11.1. The number of hydrogen-bond acceptors (Lipinski definition) is 8. The molecule has 0 aliphatic carbocycles. The van der Waals surface area contributed by atoms with E-state index in [0.717, 1.165) is 13.8 Å². The van der Waals surface area contributed by atoms with Crippen molar-refractivity contribution in [2.75, 3.05) is 13.2 Å². The van der Waals surface area contributed by atoms with Crippen LogP contribution in [0.15, 0.2) is 71.8 Å². The third kappa shape index (κ3) is 7.70. The predicted octanol–water partition coefficient (Wildman–Crippen LogP) is 2.18. The fourth-order valence-corrected chi connectivity index (χ4v) is 3.65. The van der Waals surface area contributed by atoms with Crippen LogP contribution in [-0.4, -0.2) is 60.6 Å². The Balaban J connectivity index is 2.72. The molecule has 0 fully saturated rings. The highest BCUT2D eigenvalue weighted by Crippen LogP contribution is 2.20. The van der Waals surface area contributed by atoms with E-state index < -0.39 is 58.5 Å². The summed E-state index contributed by atoms with van der Waals surface area (Å²) in [6, 6.07) is 12.2. The third-order valence-corrected chi connectivity index (χ3v) is 5.29. The van der Waals surface area contributed by atoms with Crippen molar-refractivity contribution in [2.45, 2.75) is 39.8 Å². The van der Waals surface area contributed by atoms with Crippen molar-refractivity contribution in [2.24, 2.45) is 0 Å². The van der Waals surface area contributed by atoms with E-state index in [9.17, 15) is 28.8 Å². The van der Waals surface area contributed by atoms with Gasteiger partial charge in [0.15, 0.2) is 23.7 Å². The average molecular weight is 523 g/mol. The molecule has 0 saturated heterocycles. The molecule has 0 aliphatic heterocycles. The molecule has 0 spiro atoms. The minimum Gasteiger partial charge on any atom is -0.464 e. The van der Waals surface area contributed by atoms with Gasteiger partial charge in [0.2, 0.25) is 0 Å². The zero-order valence-electron chi connectivity index (χ0n) is 21.6. The zero-order valence-corrected chi connectivity index (χ0v) is 21.6. The normalized spacial score (nSPS) is 12.7. The van der Waals surface area contributed by atoms with Crippen LogP contribution in [0.1, 0.15) is 48.4 Å². The third-order valence-electron chi connectivity index (χ3n) is 5.29. The lowest BCUT2D eigenvalue weighted by atomic mass is 9.89. The summed E-state index contributed by atoms with van der Waals surface area (Å²) in [4.78, 5) is 77.8. The van der Waals surface area contributed by atoms with Crippen LogP contribution >= 0.6 is 0 Å². The topological polar surface area (TPSA) is 145 Å². The lowest BCUT2D eigenvalue weighted by molar-refractivity contribution is -0.146. The summed E-state index contributed by atoms with van der Waals surface area (Å²) in [5, 5.41) is 4.87. The number of carbonyl (C=O) groups is 6. The van der Waals surface area contributed by atoms with E-state index in [0.29, 0.717) is 0 Å². The van der Waals surface area contributed by atoms with Gasteiger partial charge in [0, 0.05) is 22.3 Å². The van der Waals surface area contributed by atoms with E-state index >= 15 is 0 Å². The van der Waals surface area contributed by atoms with Crippen LogP contribution in [-0.2, 0) is 28.7 Å². The van der Waals surface area contributed by atoms with Crippen molar-refractivity contribution in [1.82, 2.24) is 10.6 Å². The molecule has 10 nitrogen and oxygen atoms in total. The van der Waals surface area contributed by atoms with Crippen LogP contribution in [0.25, 0.3) is 0 Å². The van der Waals surface area contributed by atoms with Crippen molar-refractivity contribution in [3.63, 3.8) is 0 Å². The SMILES string of the molecule is CCOC(=O)C(NC(=O)c1ccccc1)C(C(C)=O)=C(C(C)=O)C(NC(=O)c1ccccc1)C(=O)OCC. The fourth-order valence-electron chi connectivity index (χ4n) is 3.65. The first-order chi connectivity index (χ1) is 18.1. The number of ketones is 2. The maximum atomic E-state index is 13.0. The van der Waals surface area contributed by atoms with Crippen LogP contribution < -0.4 is 10.6 Å². The maximum Gasteiger partial charge on any atom is 0.333 e. The Morgan fingerprint density at radius 1 is 0.605 bits per heavy atom. The number of nitrogens with one attached hydrogen (secondary N) is 2. The van der Waals surface area contributed by atoms with E-state index in [1.165, 1.54) is 38.1 Å². The molecule has 0 heterocycles. The Morgan fingerprint density at radius 2 is 0.921 bits per heavy atom. The van der Waals surface area contributed by atoms with Gasteiger partial charge in [-0.3, -0.25) is 19.2 Å². The standard InChI is InChI=1S/C28H30N2O8/c1-5-37-27(35)23(29-25(33)19-13-9-7-10-14-19)21(17(3)31)22(18(4)32)24(28(36)38-6-2)30-26(34)20-15-11-8-12-16-20/h7-16,23-24H,5-6H2,1-4H3,(H,29,33)(H,30,34). The summed E-state index contributed by atoms with van der Waals surface area (Å²) < 4.78 is 10.2. The highest BCUT2D eigenvalue weighted by atomic mass is 16.5. The molecule has 0 aromatic heterocycles. The smallest absolute Gasteiger partial charge is 0.333 e. The Morgan fingerprint density at radius 3 is 1.18 bits per heavy atom. The number of hydrogen-bond donors (Lipinski definition) is 2. The quantitative estimate of drug-likeness (QED) is 0.319. The number of carbonyl (C=O) groups excluding carboxylic acids is 6. The first kappa shape index (κ1) is 29.6. The van der Waals surface area contributed by atoms with Crippen molar-refractivity contribution in [3.05, 3.63) is 82.9 Å². The van der Waals surface area contributed by atoms with Crippen LogP contribution in [0, 0.1) is 0 Å². The molecule has 2 rings (SSSR count). The lowest BCUT2D eigenvalue weighted by Crippen LogP contribution is -2.50. The number of amides is 2. The molecule has 0 aliphatic rings. The van der Waals surface area contributed by atoms with Gasteiger partial charge in [-0.05, 0) is 52.0 Å². The van der Waals surface area contributed by atoms with E-state index in [4.69, 9.17) is 9.47 Å². The van der Waals surface area contributed by atoms with Crippen molar-refractivity contribution >= 4 is 35.3 Å². The molecule has 2 aromatic rings. The first-order valence-corrected chi connectivity index (χ1v) is 11.9. The summed E-state index contributed by atoms with van der Waals surface area (Å²) in [6.07, 6.45) is 0. The van der Waals surface area contributed by atoms with Gasteiger partial charge in [-0.2, -0.15) is 0 Å². The summed E-state index contributed by atoms with van der Waals surface area (Å²) in [7, 11) is 0. The predicted molar refractivity (Wildman–Crippen MR) is 137 cm³/mol. The Labute approximate surface area is 220 Å². The molecular weight excluding hydrogens is 492 g/mol. The molecule has 2 atom stereocenters. The Bertz CT molecular complexity index is 1130. The minimum absolute atomic E-state index is 0.0941. The van der Waals surface area contributed by atoms with Gasteiger partial charge in [-0.15, -0.1) is 0 Å². The summed E-state index contributed by atoms with van der Waals surface area (Å²) in [5.41, 5.74) is -0.667. The molecule has 10 heteroatoms. The molecule has 0 saturated carbocycles. The van der Waals surface area contributed by atoms with Crippen LogP contribution in [0.3, 0.4) is 0 Å². The van der Waals surface area contributed by atoms with Crippen LogP contribution in [0.4, 0.5) is 0 Å². The summed E-state index contributed by atoms with van der Waals surface area (Å²) in [6.45, 7) is 5.00. The van der Waals surface area contributed by atoms with Gasteiger partial charge in [0.25, 0.3) is 11.8 Å². The van der Waals surface area contributed by atoms with Gasteiger partial charge < -0.3 is 20.1 Å². The van der Waals surface area contributed by atoms with Gasteiger partial charge in [-0.25, -0.2) is 9.59 Å². The van der Waals surface area contributed by atoms with E-state index in [2.05, 4.69) is 10.6 Å². The summed E-state index contributed by atoms with van der Waals surface area (Å²) >= 11 is 0. The van der Waals surface area contributed by atoms with E-state index in [1.807, 2.05) is 0 Å². The monoisotopic (exact) mass is 522 g/mol. The van der Waals surface area contributed by atoms with Gasteiger partial charge in [0.05, 0.1) is 13.2 Å². The number of rotatable bonds is 12. The first-order valence-electron chi connectivity index (χ1n) is 11.9. The van der Waals surface area contributed by atoms with Crippen molar-refractivity contribution in [3.8, 4) is 0 Å². The maximum absolute atomic E-state index is 13.0. The van der Waals surface area contributed by atoms with Crippen molar-refractivity contribution < 1.29 is 38.2 Å². The molecule has 0 radical (unpaired) electrons. The highest BCUT2D eigenvalue weighted by Gasteiger charge is 2.39. The average Bonchev–Trinajstić information content (AvgIpc) is 2.90. The molecular formula is C28H30N2O8. The second kappa shape index (κ2) is 14.2. The lowest BCUT2D eigenvalue weighted by Gasteiger charge is -2.25. The fraction of sp³-hybridized carbons (Fsp3) is 0.286. The minimum atomic E-state index is -1.76. The molecule has 2 aromatic carbocycles. The van der Waals surface area contributed by atoms with Gasteiger partial charge in [-0.1, -0.05) is 36.4 Å². The molecule has 2 amide bonds. The van der Waals surface area contributed by atoms with E-state index in [-0.39, 0.29) is 24.3 Å². The van der Waals surface area contributed by atoms with E-state index in [1.54, 1.807) is 36.4 Å². The van der Waals surface area contributed by atoms with Gasteiger partial charge in [0.1, 0.15) is 0 Å². The van der Waals surface area contributed by atoms with Crippen molar-refractivity contribution in [1.29, 1.82) is 0 Å². The molecule has 0 bridgehead atoms. The largest absolute Gasteiger partial charge is 0.464 e. The molecule has 200 valence electrons. The number of esters is 2. The Hall–Kier alpha value is -4.60. The second-order valence-electron chi connectivity index (χ2n) is 7.99.